The Hall–Kier alpha value is -0.380. The fourth-order valence-corrected chi connectivity index (χ4v) is 4.60. The van der Waals surface area contributed by atoms with Gasteiger partial charge in [-0.2, -0.15) is 0 Å². The van der Waals surface area contributed by atoms with Crippen LogP contribution in [0, 0.1) is 0 Å². The lowest BCUT2D eigenvalue weighted by molar-refractivity contribution is -0.131. The minimum atomic E-state index is 0.0351. The highest BCUT2D eigenvalue weighted by Gasteiger charge is 2.31. The highest BCUT2D eigenvalue weighted by Crippen LogP contribution is 2.41. The average molecular weight is 360 g/mol. The van der Waals surface area contributed by atoms with Crippen molar-refractivity contribution in [2.24, 2.45) is 0 Å². The van der Waals surface area contributed by atoms with Crippen molar-refractivity contribution < 1.29 is 4.79 Å². The second-order valence-electron chi connectivity index (χ2n) is 5.64. The molecule has 122 valence electrons. The van der Waals surface area contributed by atoms with E-state index in [2.05, 4.69) is 6.92 Å². The van der Waals surface area contributed by atoms with Gasteiger partial charge in [0, 0.05) is 34.3 Å². The molecule has 0 saturated carbocycles. The summed E-state index contributed by atoms with van der Waals surface area (Å²) in [5.74, 6) is 1.21. The van der Waals surface area contributed by atoms with E-state index in [4.69, 9.17) is 23.2 Å². The number of unbranched alkanes of at least 4 members (excludes halogenated alkanes) is 4. The van der Waals surface area contributed by atoms with Gasteiger partial charge in [0.2, 0.25) is 5.91 Å². The Morgan fingerprint density at radius 3 is 2.77 bits per heavy atom. The molecule has 0 N–H and O–H groups in total. The van der Waals surface area contributed by atoms with Crippen molar-refractivity contribution in [3.8, 4) is 0 Å². The Kier molecular flexibility index (Phi) is 7.39. The summed E-state index contributed by atoms with van der Waals surface area (Å²) in [4.78, 5) is 14.5. The Bertz CT molecular complexity index is 509. The summed E-state index contributed by atoms with van der Waals surface area (Å²) < 4.78 is 0. The van der Waals surface area contributed by atoms with Crippen molar-refractivity contribution in [1.82, 2.24) is 4.90 Å². The van der Waals surface area contributed by atoms with Gasteiger partial charge in [0.15, 0.2) is 0 Å². The Morgan fingerprint density at radius 2 is 2.05 bits per heavy atom. The molecule has 1 heterocycles. The van der Waals surface area contributed by atoms with Crippen molar-refractivity contribution in [3.05, 3.63) is 33.8 Å². The third-order valence-electron chi connectivity index (χ3n) is 3.93. The highest BCUT2D eigenvalue weighted by molar-refractivity contribution is 7.99. The second-order valence-corrected chi connectivity index (χ2v) is 7.67. The summed E-state index contributed by atoms with van der Waals surface area (Å²) in [6.45, 7) is 3.01. The fourth-order valence-electron chi connectivity index (χ4n) is 2.71. The zero-order valence-electron chi connectivity index (χ0n) is 13.0. The molecular formula is C17H23Cl2NOS. The van der Waals surface area contributed by atoms with Crippen LogP contribution in [0.4, 0.5) is 0 Å². The first-order valence-corrected chi connectivity index (χ1v) is 9.80. The van der Waals surface area contributed by atoms with Crippen LogP contribution in [-0.2, 0) is 4.79 Å². The minimum absolute atomic E-state index is 0.0351. The molecule has 2 nitrogen and oxygen atoms in total. The van der Waals surface area contributed by atoms with E-state index >= 15 is 0 Å². The van der Waals surface area contributed by atoms with Crippen molar-refractivity contribution >= 4 is 40.9 Å². The van der Waals surface area contributed by atoms with Gasteiger partial charge in [-0.1, -0.05) is 61.9 Å². The van der Waals surface area contributed by atoms with E-state index in [1.54, 1.807) is 17.8 Å². The molecule has 22 heavy (non-hydrogen) atoms. The zero-order chi connectivity index (χ0) is 15.9. The summed E-state index contributed by atoms with van der Waals surface area (Å²) >= 11 is 14.0. The smallest absolute Gasteiger partial charge is 0.223 e. The summed E-state index contributed by atoms with van der Waals surface area (Å²) in [5.41, 5.74) is 0.993. The van der Waals surface area contributed by atoms with Crippen LogP contribution in [0.5, 0.6) is 0 Å². The summed E-state index contributed by atoms with van der Waals surface area (Å²) in [7, 11) is 0. The largest absolute Gasteiger partial charge is 0.326 e. The van der Waals surface area contributed by atoms with Crippen molar-refractivity contribution in [1.29, 1.82) is 0 Å². The lowest BCUT2D eigenvalue weighted by Crippen LogP contribution is -2.30. The van der Waals surface area contributed by atoms with Crippen LogP contribution >= 0.6 is 35.0 Å². The molecule has 0 aliphatic carbocycles. The van der Waals surface area contributed by atoms with E-state index in [9.17, 15) is 4.79 Å². The van der Waals surface area contributed by atoms with E-state index in [0.717, 1.165) is 30.7 Å². The maximum atomic E-state index is 12.5. The zero-order valence-corrected chi connectivity index (χ0v) is 15.3. The lowest BCUT2D eigenvalue weighted by Gasteiger charge is -2.25. The average Bonchev–Trinajstić information content (AvgIpc) is 2.96. The first-order chi connectivity index (χ1) is 10.6. The summed E-state index contributed by atoms with van der Waals surface area (Å²) in [6, 6.07) is 5.54. The predicted octanol–water partition coefficient (Wildman–Crippen LogP) is 5.93. The number of hydrogen-bond donors (Lipinski definition) is 0. The molecule has 1 atom stereocenters. The number of amides is 1. The van der Waals surface area contributed by atoms with Gasteiger partial charge in [0.25, 0.3) is 0 Å². The van der Waals surface area contributed by atoms with Gasteiger partial charge < -0.3 is 4.90 Å². The van der Waals surface area contributed by atoms with Gasteiger partial charge in [0.1, 0.15) is 5.37 Å². The molecule has 1 fully saturated rings. The first-order valence-electron chi connectivity index (χ1n) is 7.99. The highest BCUT2D eigenvalue weighted by atomic mass is 35.5. The number of rotatable bonds is 7. The normalized spacial score (nSPS) is 18.0. The molecule has 1 aromatic carbocycles. The molecule has 5 heteroatoms. The van der Waals surface area contributed by atoms with Crippen LogP contribution in [0.2, 0.25) is 10.0 Å². The van der Waals surface area contributed by atoms with E-state index in [0.29, 0.717) is 16.5 Å². The lowest BCUT2D eigenvalue weighted by atomic mass is 10.1. The van der Waals surface area contributed by atoms with Gasteiger partial charge >= 0.3 is 0 Å². The maximum Gasteiger partial charge on any atom is 0.223 e. The standard InChI is InChI=1S/C17H23Cl2NOS/c1-2-3-4-5-6-7-16(21)20-10-11-22-17(20)14-9-8-13(18)12-15(14)19/h8-9,12,17H,2-7,10-11H2,1H3. The van der Waals surface area contributed by atoms with E-state index in [1.165, 1.54) is 19.3 Å². The molecule has 0 spiro atoms. The van der Waals surface area contributed by atoms with Crippen LogP contribution in [0.1, 0.15) is 56.4 Å². The number of carbonyl (C=O) groups is 1. The molecule has 1 aliphatic rings. The number of halogens is 2. The number of carbonyl (C=O) groups excluding carboxylic acids is 1. The quantitative estimate of drug-likeness (QED) is 0.562. The number of thioether (sulfide) groups is 1. The summed E-state index contributed by atoms with van der Waals surface area (Å²) in [6.07, 6.45) is 6.50. The molecule has 2 rings (SSSR count). The van der Waals surface area contributed by atoms with Crippen LogP contribution in [0.3, 0.4) is 0 Å². The number of nitrogens with zero attached hydrogens (tertiary/aromatic N) is 1. The van der Waals surface area contributed by atoms with Gasteiger partial charge in [-0.3, -0.25) is 4.79 Å². The first kappa shape index (κ1) is 18.0. The molecule has 1 unspecified atom stereocenters. The molecule has 1 aliphatic heterocycles. The minimum Gasteiger partial charge on any atom is -0.326 e. The van der Waals surface area contributed by atoms with Crippen molar-refractivity contribution in [2.75, 3.05) is 12.3 Å². The van der Waals surface area contributed by atoms with Crippen LogP contribution in [-0.4, -0.2) is 23.1 Å². The topological polar surface area (TPSA) is 20.3 Å². The monoisotopic (exact) mass is 359 g/mol. The van der Waals surface area contributed by atoms with Gasteiger partial charge in [-0.15, -0.1) is 11.8 Å². The third kappa shape index (κ3) is 4.81. The van der Waals surface area contributed by atoms with Crippen molar-refractivity contribution in [3.63, 3.8) is 0 Å². The fraction of sp³-hybridized carbons (Fsp3) is 0.588. The summed E-state index contributed by atoms with van der Waals surface area (Å²) in [5, 5.41) is 1.31. The molecule has 0 aromatic heterocycles. The Balaban J connectivity index is 1.93. The van der Waals surface area contributed by atoms with Gasteiger partial charge in [-0.05, 0) is 18.6 Å². The van der Waals surface area contributed by atoms with Gasteiger partial charge in [-0.25, -0.2) is 0 Å². The third-order valence-corrected chi connectivity index (χ3v) is 5.74. The molecule has 0 bridgehead atoms. The number of hydrogen-bond acceptors (Lipinski definition) is 2. The second kappa shape index (κ2) is 9.05. The van der Waals surface area contributed by atoms with Crippen LogP contribution < -0.4 is 0 Å². The predicted molar refractivity (Wildman–Crippen MR) is 96.8 cm³/mol. The number of benzene rings is 1. The SMILES string of the molecule is CCCCCCCC(=O)N1CCSC1c1ccc(Cl)cc1Cl. The van der Waals surface area contributed by atoms with Crippen LogP contribution in [0.25, 0.3) is 0 Å². The van der Waals surface area contributed by atoms with E-state index in [1.807, 2.05) is 17.0 Å². The molecule has 1 aromatic rings. The Labute approximate surface area is 147 Å². The molecular weight excluding hydrogens is 337 g/mol. The van der Waals surface area contributed by atoms with Gasteiger partial charge in [0.05, 0.1) is 0 Å². The Morgan fingerprint density at radius 1 is 1.27 bits per heavy atom. The molecule has 1 amide bonds. The molecule has 1 saturated heterocycles. The van der Waals surface area contributed by atoms with E-state index < -0.39 is 0 Å². The molecule has 0 radical (unpaired) electrons. The van der Waals surface area contributed by atoms with Crippen molar-refractivity contribution in [2.45, 2.75) is 50.8 Å². The maximum absolute atomic E-state index is 12.5. The van der Waals surface area contributed by atoms with E-state index in [-0.39, 0.29) is 11.3 Å². The van der Waals surface area contributed by atoms with Crippen LogP contribution in [0.15, 0.2) is 18.2 Å².